The lowest BCUT2D eigenvalue weighted by molar-refractivity contribution is 0.622. The van der Waals surface area contributed by atoms with Crippen LogP contribution in [0.1, 0.15) is 18.9 Å². The van der Waals surface area contributed by atoms with Crippen LogP contribution in [0.2, 0.25) is 5.02 Å². The highest BCUT2D eigenvalue weighted by Gasteiger charge is 2.23. The highest BCUT2D eigenvalue weighted by molar-refractivity contribution is 6.34. The van der Waals surface area contributed by atoms with Gasteiger partial charge in [0.05, 0.1) is 16.4 Å². The average Bonchev–Trinajstić information content (AvgIpc) is 2.19. The van der Waals surface area contributed by atoms with Crippen molar-refractivity contribution in [1.82, 2.24) is 0 Å². The van der Waals surface area contributed by atoms with Gasteiger partial charge in [-0.1, -0.05) is 18.5 Å². The Morgan fingerprint density at radius 3 is 2.93 bits per heavy atom. The third kappa shape index (κ3) is 1.78. The average molecular weight is 225 g/mol. The maximum absolute atomic E-state index is 6.21. The highest BCUT2D eigenvalue weighted by atomic mass is 35.5. The van der Waals surface area contributed by atoms with Crippen molar-refractivity contribution >= 4 is 23.0 Å². The molecule has 0 aromatic heterocycles. The Balaban J connectivity index is 2.46. The van der Waals surface area contributed by atoms with Crippen LogP contribution in [0.4, 0.5) is 11.4 Å². The first kappa shape index (κ1) is 10.6. The summed E-state index contributed by atoms with van der Waals surface area (Å²) >= 11 is 6.21. The first-order chi connectivity index (χ1) is 7.13. The Labute approximate surface area is 96.2 Å². The number of fused-ring (bicyclic) bond motifs is 1. The van der Waals surface area contributed by atoms with Gasteiger partial charge in [-0.3, -0.25) is 0 Å². The van der Waals surface area contributed by atoms with Gasteiger partial charge in [-0.25, -0.2) is 0 Å². The fraction of sp³-hybridized carbons (Fsp3) is 0.500. The van der Waals surface area contributed by atoms with Crippen molar-refractivity contribution in [3.05, 3.63) is 22.7 Å². The molecule has 1 aliphatic rings. The Kier molecular flexibility index (Phi) is 2.79. The van der Waals surface area contributed by atoms with Crippen LogP contribution in [0.3, 0.4) is 0 Å². The largest absolute Gasteiger partial charge is 0.380 e. The van der Waals surface area contributed by atoms with Crippen LogP contribution in [0.25, 0.3) is 0 Å². The predicted molar refractivity (Wildman–Crippen MR) is 67.2 cm³/mol. The van der Waals surface area contributed by atoms with E-state index in [0.717, 1.165) is 23.7 Å². The van der Waals surface area contributed by atoms with E-state index < -0.39 is 0 Å². The lowest BCUT2D eigenvalue weighted by atomic mass is 10.1. The van der Waals surface area contributed by atoms with Crippen LogP contribution in [0.15, 0.2) is 12.1 Å². The van der Waals surface area contributed by atoms with Crippen molar-refractivity contribution < 1.29 is 0 Å². The molecule has 2 nitrogen and oxygen atoms in total. The maximum Gasteiger partial charge on any atom is 0.0768 e. The topological polar surface area (TPSA) is 15.3 Å². The molecule has 1 unspecified atom stereocenters. The molecule has 0 radical (unpaired) electrons. The number of likely N-dealkylation sites (N-methyl/N-ethyl adjacent to an activating group) is 1. The zero-order valence-corrected chi connectivity index (χ0v) is 10.2. The van der Waals surface area contributed by atoms with Gasteiger partial charge in [0.15, 0.2) is 0 Å². The van der Waals surface area contributed by atoms with Crippen molar-refractivity contribution in [2.24, 2.45) is 0 Å². The normalized spacial score (nSPS) is 19.7. The van der Waals surface area contributed by atoms with Crippen molar-refractivity contribution in [2.75, 3.05) is 23.8 Å². The fourth-order valence-corrected chi connectivity index (χ4v) is 2.48. The summed E-state index contributed by atoms with van der Waals surface area (Å²) in [6, 6.07) is 4.76. The van der Waals surface area contributed by atoms with E-state index in [0.29, 0.717) is 6.04 Å². The van der Waals surface area contributed by atoms with Gasteiger partial charge in [-0.2, -0.15) is 0 Å². The number of halogens is 1. The molecule has 1 aromatic rings. The summed E-state index contributed by atoms with van der Waals surface area (Å²) in [4.78, 5) is 2.32. The summed E-state index contributed by atoms with van der Waals surface area (Å²) in [6.07, 6.45) is 1.15. The van der Waals surface area contributed by atoms with Crippen molar-refractivity contribution in [3.63, 3.8) is 0 Å². The molecule has 1 heterocycles. The number of aryl methyl sites for hydroxylation is 1. The molecule has 3 heteroatoms. The molecule has 0 spiro atoms. The van der Waals surface area contributed by atoms with Crippen LogP contribution in [0.5, 0.6) is 0 Å². The first-order valence-electron chi connectivity index (χ1n) is 5.40. The molecule has 0 amide bonds. The van der Waals surface area contributed by atoms with Crippen LogP contribution >= 0.6 is 11.6 Å². The monoisotopic (exact) mass is 224 g/mol. The third-order valence-electron chi connectivity index (χ3n) is 3.13. The van der Waals surface area contributed by atoms with Crippen molar-refractivity contribution in [1.29, 1.82) is 0 Å². The second-order valence-corrected chi connectivity index (χ2v) is 4.60. The van der Waals surface area contributed by atoms with E-state index in [4.69, 9.17) is 11.6 Å². The number of nitrogens with zero attached hydrogens (tertiary/aromatic N) is 1. The van der Waals surface area contributed by atoms with E-state index in [2.05, 4.69) is 37.2 Å². The molecular formula is C12H17ClN2. The quantitative estimate of drug-likeness (QED) is 0.788. The van der Waals surface area contributed by atoms with Gasteiger partial charge in [0, 0.05) is 19.6 Å². The number of nitrogens with one attached hydrogen (secondary N) is 1. The number of rotatable bonds is 1. The SMILES string of the molecule is CCC1CNc2c(Cl)cc(C)cc2N1C. The van der Waals surface area contributed by atoms with Gasteiger partial charge < -0.3 is 10.2 Å². The molecule has 1 aromatic carbocycles. The minimum absolute atomic E-state index is 0.565. The van der Waals surface area contributed by atoms with Gasteiger partial charge in [-0.05, 0) is 31.0 Å². The van der Waals surface area contributed by atoms with Crippen LogP contribution in [-0.2, 0) is 0 Å². The molecule has 2 rings (SSSR count). The maximum atomic E-state index is 6.21. The van der Waals surface area contributed by atoms with E-state index in [-0.39, 0.29) is 0 Å². The molecule has 82 valence electrons. The van der Waals surface area contributed by atoms with Crippen molar-refractivity contribution in [2.45, 2.75) is 26.3 Å². The molecule has 0 saturated carbocycles. The zero-order chi connectivity index (χ0) is 11.0. The van der Waals surface area contributed by atoms with Gasteiger partial charge in [-0.15, -0.1) is 0 Å². The Morgan fingerprint density at radius 2 is 2.27 bits per heavy atom. The molecule has 0 aliphatic carbocycles. The molecule has 15 heavy (non-hydrogen) atoms. The summed E-state index contributed by atoms with van der Waals surface area (Å²) in [5.74, 6) is 0. The number of benzene rings is 1. The van der Waals surface area contributed by atoms with Gasteiger partial charge in [0.1, 0.15) is 0 Å². The minimum Gasteiger partial charge on any atom is -0.380 e. The standard InChI is InChI=1S/C12H17ClN2/c1-4-9-7-14-12-10(13)5-8(2)6-11(12)15(9)3/h5-6,9,14H,4,7H2,1-3H3. The Hall–Kier alpha value is -0.890. The van der Waals surface area contributed by atoms with E-state index in [9.17, 15) is 0 Å². The lowest BCUT2D eigenvalue weighted by Crippen LogP contribution is -2.41. The van der Waals surface area contributed by atoms with E-state index in [1.807, 2.05) is 6.07 Å². The molecule has 0 fully saturated rings. The molecule has 0 bridgehead atoms. The van der Waals surface area contributed by atoms with Crippen LogP contribution in [0, 0.1) is 6.92 Å². The smallest absolute Gasteiger partial charge is 0.0768 e. The summed E-state index contributed by atoms with van der Waals surface area (Å²) in [5.41, 5.74) is 3.51. The second kappa shape index (κ2) is 3.93. The highest BCUT2D eigenvalue weighted by Crippen LogP contribution is 2.37. The molecule has 0 saturated heterocycles. The summed E-state index contributed by atoms with van der Waals surface area (Å²) in [5, 5.41) is 4.24. The molecule has 1 atom stereocenters. The Bertz CT molecular complexity index is 376. The van der Waals surface area contributed by atoms with Crippen molar-refractivity contribution in [3.8, 4) is 0 Å². The van der Waals surface area contributed by atoms with E-state index >= 15 is 0 Å². The first-order valence-corrected chi connectivity index (χ1v) is 5.78. The minimum atomic E-state index is 0.565. The zero-order valence-electron chi connectivity index (χ0n) is 9.47. The predicted octanol–water partition coefficient (Wildman–Crippen LogP) is 3.29. The molecule has 1 N–H and O–H groups in total. The summed E-state index contributed by atoms with van der Waals surface area (Å²) in [6.45, 7) is 5.27. The number of anilines is 2. The summed E-state index contributed by atoms with van der Waals surface area (Å²) < 4.78 is 0. The van der Waals surface area contributed by atoms with Gasteiger partial charge in [0.2, 0.25) is 0 Å². The van der Waals surface area contributed by atoms with Crippen LogP contribution in [-0.4, -0.2) is 19.6 Å². The van der Waals surface area contributed by atoms with Crippen LogP contribution < -0.4 is 10.2 Å². The third-order valence-corrected chi connectivity index (χ3v) is 3.43. The molecular weight excluding hydrogens is 208 g/mol. The van der Waals surface area contributed by atoms with Gasteiger partial charge in [0.25, 0.3) is 0 Å². The van der Waals surface area contributed by atoms with Gasteiger partial charge >= 0.3 is 0 Å². The number of hydrogen-bond donors (Lipinski definition) is 1. The summed E-state index contributed by atoms with van der Waals surface area (Å²) in [7, 11) is 2.14. The lowest BCUT2D eigenvalue weighted by Gasteiger charge is -2.37. The number of hydrogen-bond acceptors (Lipinski definition) is 2. The fourth-order valence-electron chi connectivity index (χ4n) is 2.15. The Morgan fingerprint density at radius 1 is 1.53 bits per heavy atom. The van der Waals surface area contributed by atoms with E-state index in [1.165, 1.54) is 11.3 Å². The second-order valence-electron chi connectivity index (χ2n) is 4.19. The van der Waals surface area contributed by atoms with E-state index in [1.54, 1.807) is 0 Å². The molecule has 1 aliphatic heterocycles.